The fourth-order valence-corrected chi connectivity index (χ4v) is 2.57. The number of nitrogens with zero attached hydrogens (tertiary/aromatic N) is 4. The summed E-state index contributed by atoms with van der Waals surface area (Å²) in [6.45, 7) is 3.02. The predicted octanol–water partition coefficient (Wildman–Crippen LogP) is 1.07. The highest BCUT2D eigenvalue weighted by Crippen LogP contribution is 2.23. The Kier molecular flexibility index (Phi) is 4.15. The second-order valence-electron chi connectivity index (χ2n) is 5.12. The lowest BCUT2D eigenvalue weighted by Gasteiger charge is -2.27. The highest BCUT2D eigenvalue weighted by molar-refractivity contribution is 5.38. The van der Waals surface area contributed by atoms with E-state index in [0.717, 1.165) is 25.9 Å². The Balaban J connectivity index is 1.77. The second-order valence-corrected chi connectivity index (χ2v) is 5.12. The topological polar surface area (TPSA) is 72.4 Å². The first-order valence-electron chi connectivity index (χ1n) is 7.28. The minimum atomic E-state index is 0.250. The third-order valence-corrected chi connectivity index (χ3v) is 3.69. The van der Waals surface area contributed by atoms with Crippen LogP contribution in [0.3, 0.4) is 0 Å². The maximum atomic E-state index is 5.89. The molecule has 0 radical (unpaired) electrons. The van der Waals surface area contributed by atoms with Crippen molar-refractivity contribution in [1.29, 1.82) is 0 Å². The lowest BCUT2D eigenvalue weighted by molar-refractivity contribution is 0.121. The summed E-state index contributed by atoms with van der Waals surface area (Å²) < 4.78 is 11.2. The number of anilines is 2. The highest BCUT2D eigenvalue weighted by atomic mass is 16.5. The van der Waals surface area contributed by atoms with Crippen LogP contribution in [0.2, 0.25) is 0 Å². The molecule has 2 aliphatic rings. The van der Waals surface area contributed by atoms with Crippen molar-refractivity contribution >= 4 is 11.9 Å². The lowest BCUT2D eigenvalue weighted by Crippen LogP contribution is -2.37. The minimum absolute atomic E-state index is 0.250. The molecule has 110 valence electrons. The van der Waals surface area contributed by atoms with E-state index in [2.05, 4.69) is 25.2 Å². The molecule has 2 fully saturated rings. The Morgan fingerprint density at radius 3 is 2.60 bits per heavy atom. The molecule has 0 aromatic carbocycles. The molecule has 1 aliphatic carbocycles. The predicted molar refractivity (Wildman–Crippen MR) is 75.3 cm³/mol. The average Bonchev–Trinajstić information content (AvgIpc) is 3.00. The fraction of sp³-hybridized carbons (Fsp3) is 0.769. The molecule has 20 heavy (non-hydrogen) atoms. The molecule has 3 rings (SSSR count). The van der Waals surface area contributed by atoms with E-state index in [-0.39, 0.29) is 6.10 Å². The largest absolute Gasteiger partial charge is 0.460 e. The zero-order chi connectivity index (χ0) is 13.8. The summed E-state index contributed by atoms with van der Waals surface area (Å²) in [7, 11) is 1.80. The molecular formula is C13H21N5O2. The van der Waals surface area contributed by atoms with Crippen molar-refractivity contribution in [3.63, 3.8) is 0 Å². The van der Waals surface area contributed by atoms with Gasteiger partial charge in [0.1, 0.15) is 6.10 Å². The monoisotopic (exact) mass is 279 g/mol. The smallest absolute Gasteiger partial charge is 0.323 e. The highest BCUT2D eigenvalue weighted by Gasteiger charge is 2.21. The van der Waals surface area contributed by atoms with Gasteiger partial charge in [-0.2, -0.15) is 15.0 Å². The van der Waals surface area contributed by atoms with Gasteiger partial charge in [-0.1, -0.05) is 0 Å². The Hall–Kier alpha value is -1.63. The Morgan fingerprint density at radius 2 is 1.90 bits per heavy atom. The van der Waals surface area contributed by atoms with Crippen molar-refractivity contribution in [2.75, 3.05) is 43.6 Å². The molecule has 1 saturated carbocycles. The standard InChI is InChI=1S/C13H21N5O2/c1-14-11-15-12(18-6-8-19-9-7-18)17-13(16-11)20-10-4-2-3-5-10/h10H,2-9H2,1H3,(H,14,15,16,17). The SMILES string of the molecule is CNc1nc(OC2CCCC2)nc(N2CCOCC2)n1. The molecule has 7 nitrogen and oxygen atoms in total. The van der Waals surface area contributed by atoms with Crippen LogP contribution in [0, 0.1) is 0 Å². The molecule has 7 heteroatoms. The summed E-state index contributed by atoms with van der Waals surface area (Å²) in [6.07, 6.45) is 4.89. The van der Waals surface area contributed by atoms with Crippen LogP contribution in [0.15, 0.2) is 0 Å². The summed E-state index contributed by atoms with van der Waals surface area (Å²) >= 11 is 0. The number of morpholine rings is 1. The molecule has 0 spiro atoms. The minimum Gasteiger partial charge on any atom is -0.460 e. The summed E-state index contributed by atoms with van der Waals surface area (Å²) in [6, 6.07) is 0.428. The van der Waals surface area contributed by atoms with Crippen LogP contribution in [0.4, 0.5) is 11.9 Å². The number of rotatable bonds is 4. The van der Waals surface area contributed by atoms with Gasteiger partial charge in [-0.05, 0) is 25.7 Å². The third-order valence-electron chi connectivity index (χ3n) is 3.69. The summed E-state index contributed by atoms with van der Waals surface area (Å²) in [4.78, 5) is 15.3. The van der Waals surface area contributed by atoms with E-state index >= 15 is 0 Å². The number of ether oxygens (including phenoxy) is 2. The van der Waals surface area contributed by atoms with Crippen LogP contribution in [0.5, 0.6) is 6.01 Å². The van der Waals surface area contributed by atoms with E-state index < -0.39 is 0 Å². The van der Waals surface area contributed by atoms with Crippen LogP contribution < -0.4 is 15.0 Å². The maximum absolute atomic E-state index is 5.89. The van der Waals surface area contributed by atoms with Crippen LogP contribution >= 0.6 is 0 Å². The Labute approximate surface area is 118 Å². The van der Waals surface area contributed by atoms with Crippen molar-refractivity contribution in [2.45, 2.75) is 31.8 Å². The lowest BCUT2D eigenvalue weighted by atomic mass is 10.3. The third kappa shape index (κ3) is 3.09. The first-order valence-corrected chi connectivity index (χ1v) is 7.28. The second kappa shape index (κ2) is 6.21. The first-order chi connectivity index (χ1) is 9.85. The number of nitrogens with one attached hydrogen (secondary N) is 1. The van der Waals surface area contributed by atoms with Gasteiger partial charge in [-0.3, -0.25) is 0 Å². The van der Waals surface area contributed by atoms with Gasteiger partial charge in [0.25, 0.3) is 0 Å². The van der Waals surface area contributed by atoms with Gasteiger partial charge >= 0.3 is 6.01 Å². The van der Waals surface area contributed by atoms with Gasteiger partial charge in [0, 0.05) is 20.1 Å². The van der Waals surface area contributed by atoms with Gasteiger partial charge < -0.3 is 19.7 Å². The van der Waals surface area contributed by atoms with Gasteiger partial charge in [-0.25, -0.2) is 0 Å². The molecule has 2 heterocycles. The molecule has 1 N–H and O–H groups in total. The van der Waals surface area contributed by atoms with Crippen molar-refractivity contribution in [1.82, 2.24) is 15.0 Å². The molecule has 1 aromatic heterocycles. The van der Waals surface area contributed by atoms with Crippen molar-refractivity contribution in [2.24, 2.45) is 0 Å². The van der Waals surface area contributed by atoms with Gasteiger partial charge in [-0.15, -0.1) is 0 Å². The van der Waals surface area contributed by atoms with Crippen LogP contribution in [-0.2, 0) is 4.74 Å². The van der Waals surface area contributed by atoms with E-state index in [1.54, 1.807) is 7.05 Å². The summed E-state index contributed by atoms with van der Waals surface area (Å²) in [5.41, 5.74) is 0. The number of hydrogen-bond acceptors (Lipinski definition) is 7. The van der Waals surface area contributed by atoms with Crippen molar-refractivity contribution < 1.29 is 9.47 Å². The molecular weight excluding hydrogens is 258 g/mol. The summed E-state index contributed by atoms with van der Waals surface area (Å²) in [5.74, 6) is 1.22. The first kappa shape index (κ1) is 13.4. The molecule has 0 bridgehead atoms. The fourth-order valence-electron chi connectivity index (χ4n) is 2.57. The molecule has 1 aliphatic heterocycles. The average molecular weight is 279 g/mol. The normalized spacial score (nSPS) is 20.1. The Bertz CT molecular complexity index is 444. The zero-order valence-electron chi connectivity index (χ0n) is 11.8. The van der Waals surface area contributed by atoms with E-state index in [9.17, 15) is 0 Å². The van der Waals surface area contributed by atoms with E-state index in [1.165, 1.54) is 12.8 Å². The Morgan fingerprint density at radius 1 is 1.15 bits per heavy atom. The van der Waals surface area contributed by atoms with Gasteiger partial charge in [0.15, 0.2) is 0 Å². The van der Waals surface area contributed by atoms with Crippen molar-refractivity contribution in [3.8, 4) is 6.01 Å². The summed E-state index contributed by atoms with van der Waals surface area (Å²) in [5, 5.41) is 2.97. The van der Waals surface area contributed by atoms with Gasteiger partial charge in [0.2, 0.25) is 11.9 Å². The maximum Gasteiger partial charge on any atom is 0.323 e. The molecule has 1 aromatic rings. The number of aromatic nitrogens is 3. The van der Waals surface area contributed by atoms with Crippen LogP contribution in [-0.4, -0.2) is 54.4 Å². The molecule has 1 saturated heterocycles. The molecule has 0 atom stereocenters. The molecule has 0 amide bonds. The van der Waals surface area contributed by atoms with E-state index in [4.69, 9.17) is 9.47 Å². The number of hydrogen-bond donors (Lipinski definition) is 1. The van der Waals surface area contributed by atoms with E-state index in [0.29, 0.717) is 31.1 Å². The van der Waals surface area contributed by atoms with Crippen LogP contribution in [0.25, 0.3) is 0 Å². The molecule has 0 unspecified atom stereocenters. The quantitative estimate of drug-likeness (QED) is 0.883. The van der Waals surface area contributed by atoms with Crippen LogP contribution in [0.1, 0.15) is 25.7 Å². The zero-order valence-corrected chi connectivity index (χ0v) is 11.8. The van der Waals surface area contributed by atoms with E-state index in [1.807, 2.05) is 0 Å². The van der Waals surface area contributed by atoms with Gasteiger partial charge in [0.05, 0.1) is 13.2 Å². The van der Waals surface area contributed by atoms with Crippen molar-refractivity contribution in [3.05, 3.63) is 0 Å².